The number of hydrogen-bond acceptors (Lipinski definition) is 1. The molecule has 0 unspecified atom stereocenters. The van der Waals surface area contributed by atoms with Crippen molar-refractivity contribution >= 4 is 29.1 Å². The second kappa shape index (κ2) is 7.85. The van der Waals surface area contributed by atoms with E-state index in [1.54, 1.807) is 12.2 Å². The van der Waals surface area contributed by atoms with Gasteiger partial charge >= 0.3 is 0 Å². The van der Waals surface area contributed by atoms with E-state index in [4.69, 9.17) is 23.2 Å². The zero-order valence-electron chi connectivity index (χ0n) is 12.9. The minimum Gasteiger partial charge on any atom is -0.352 e. The molecule has 0 saturated heterocycles. The van der Waals surface area contributed by atoms with E-state index in [9.17, 15) is 4.79 Å². The Balaban J connectivity index is 1.78. The lowest BCUT2D eigenvalue weighted by Crippen LogP contribution is -2.25. The Morgan fingerprint density at radius 1 is 1.32 bits per heavy atom. The molecule has 1 aliphatic rings. The van der Waals surface area contributed by atoms with Crippen LogP contribution < -0.4 is 5.32 Å². The molecule has 2 rings (SSSR count). The van der Waals surface area contributed by atoms with Crippen molar-refractivity contribution in [1.29, 1.82) is 0 Å². The molecule has 2 nitrogen and oxygen atoms in total. The minimum atomic E-state index is -0.0461. The summed E-state index contributed by atoms with van der Waals surface area (Å²) in [6.07, 6.45) is 8.55. The highest BCUT2D eigenvalue weighted by atomic mass is 35.5. The largest absolute Gasteiger partial charge is 0.352 e. The number of benzene rings is 1. The number of carbonyl (C=O) groups is 1. The van der Waals surface area contributed by atoms with Gasteiger partial charge in [-0.05, 0) is 41.9 Å². The van der Waals surface area contributed by atoms with Crippen LogP contribution in [0.15, 0.2) is 42.5 Å². The predicted octanol–water partition coefficient (Wildman–Crippen LogP) is 4.98. The topological polar surface area (TPSA) is 29.1 Å². The first kappa shape index (κ1) is 17.1. The van der Waals surface area contributed by atoms with Crippen LogP contribution in [0.4, 0.5) is 0 Å². The van der Waals surface area contributed by atoms with E-state index in [0.29, 0.717) is 34.3 Å². The highest BCUT2D eigenvalue weighted by Gasteiger charge is 2.36. The Hall–Kier alpha value is -1.25. The van der Waals surface area contributed by atoms with Crippen LogP contribution >= 0.6 is 23.2 Å². The van der Waals surface area contributed by atoms with Gasteiger partial charge in [-0.15, -0.1) is 0 Å². The van der Waals surface area contributed by atoms with Crippen molar-refractivity contribution in [2.24, 2.45) is 11.8 Å². The highest BCUT2D eigenvalue weighted by molar-refractivity contribution is 6.42. The van der Waals surface area contributed by atoms with E-state index in [2.05, 4.69) is 25.2 Å². The smallest absolute Gasteiger partial charge is 0.243 e. The lowest BCUT2D eigenvalue weighted by Gasteiger charge is -2.03. The molecule has 0 bridgehead atoms. The summed E-state index contributed by atoms with van der Waals surface area (Å²) in [6, 6.07) is 5.82. The van der Waals surface area contributed by atoms with E-state index in [-0.39, 0.29) is 5.91 Å². The molecule has 2 atom stereocenters. The maximum atomic E-state index is 11.5. The predicted molar refractivity (Wildman–Crippen MR) is 93.4 cm³/mol. The van der Waals surface area contributed by atoms with E-state index in [0.717, 1.165) is 6.42 Å². The number of allylic oxidation sites excluding steroid dienone is 3. The normalized spacial score (nSPS) is 21.0. The summed E-state index contributed by atoms with van der Waals surface area (Å²) in [5.41, 5.74) is 1.22. The van der Waals surface area contributed by atoms with Crippen LogP contribution in [0.1, 0.15) is 31.7 Å². The summed E-state index contributed by atoms with van der Waals surface area (Å²) in [6.45, 7) is 4.84. The molecule has 4 heteroatoms. The van der Waals surface area contributed by atoms with Gasteiger partial charge < -0.3 is 5.32 Å². The van der Waals surface area contributed by atoms with Crippen LogP contribution in [0, 0.1) is 11.8 Å². The molecule has 118 valence electrons. The molecule has 1 fully saturated rings. The van der Waals surface area contributed by atoms with Gasteiger partial charge in [0, 0.05) is 12.6 Å². The van der Waals surface area contributed by atoms with Crippen molar-refractivity contribution < 1.29 is 4.79 Å². The van der Waals surface area contributed by atoms with Crippen LogP contribution in [-0.4, -0.2) is 12.5 Å². The van der Waals surface area contributed by atoms with Crippen molar-refractivity contribution in [3.8, 4) is 0 Å². The maximum absolute atomic E-state index is 11.5. The fraction of sp³-hybridized carbons (Fsp3) is 0.389. The number of nitrogens with one attached hydrogen (secondary N) is 1. The van der Waals surface area contributed by atoms with Crippen LogP contribution in [-0.2, 0) is 4.79 Å². The maximum Gasteiger partial charge on any atom is 0.243 e. The SMILES string of the molecule is CC(C)CNC(=O)/C=C/C=C/[C@@H]1C[C@H]1c1ccc(Cl)c(Cl)c1. The molecule has 1 amide bonds. The molecule has 0 aliphatic heterocycles. The zero-order chi connectivity index (χ0) is 16.1. The first-order chi connectivity index (χ1) is 10.5. The molecular weight excluding hydrogens is 317 g/mol. The molecule has 0 aromatic heterocycles. The number of rotatable bonds is 6. The Kier molecular flexibility index (Phi) is 6.10. The summed E-state index contributed by atoms with van der Waals surface area (Å²) in [5.74, 6) is 1.44. The van der Waals surface area contributed by atoms with Crippen LogP contribution in [0.3, 0.4) is 0 Å². The van der Waals surface area contributed by atoms with Crippen LogP contribution in [0.2, 0.25) is 10.0 Å². The quantitative estimate of drug-likeness (QED) is 0.575. The molecule has 1 N–H and O–H groups in total. The van der Waals surface area contributed by atoms with Gasteiger partial charge in [-0.2, -0.15) is 0 Å². The number of amides is 1. The van der Waals surface area contributed by atoms with Gasteiger partial charge in [-0.3, -0.25) is 4.79 Å². The minimum absolute atomic E-state index is 0.0461. The number of halogens is 2. The third-order valence-corrected chi connectivity index (χ3v) is 4.35. The van der Waals surface area contributed by atoms with Gasteiger partial charge in [-0.1, -0.05) is 61.3 Å². The molecule has 0 heterocycles. The average molecular weight is 338 g/mol. The molecule has 1 saturated carbocycles. The molecular formula is C18H21Cl2NO. The van der Waals surface area contributed by atoms with E-state index >= 15 is 0 Å². The second-order valence-electron chi connectivity index (χ2n) is 6.06. The Labute approximate surface area is 142 Å². The standard InChI is InChI=1S/C18H21Cl2NO/c1-12(2)11-21-18(22)6-4-3-5-13-9-15(13)14-7-8-16(19)17(20)10-14/h3-8,10,12-13,15H,9,11H2,1-2H3,(H,21,22)/b5-3+,6-4+/t13-,15-/m1/s1. The number of hydrogen-bond donors (Lipinski definition) is 1. The molecule has 0 spiro atoms. The highest BCUT2D eigenvalue weighted by Crippen LogP contribution is 2.49. The molecule has 1 aliphatic carbocycles. The summed E-state index contributed by atoms with van der Waals surface area (Å²) in [5, 5.41) is 4.04. The molecule has 0 radical (unpaired) electrons. The Bertz CT molecular complexity index is 593. The molecule has 22 heavy (non-hydrogen) atoms. The summed E-state index contributed by atoms with van der Waals surface area (Å²) >= 11 is 12.0. The van der Waals surface area contributed by atoms with Gasteiger partial charge in [0.15, 0.2) is 0 Å². The second-order valence-corrected chi connectivity index (χ2v) is 6.88. The fourth-order valence-corrected chi connectivity index (χ4v) is 2.57. The van der Waals surface area contributed by atoms with Gasteiger partial charge in [0.2, 0.25) is 5.91 Å². The number of carbonyl (C=O) groups excluding carboxylic acids is 1. The van der Waals surface area contributed by atoms with Crippen molar-refractivity contribution in [3.63, 3.8) is 0 Å². The third kappa shape index (κ3) is 5.19. The van der Waals surface area contributed by atoms with Gasteiger partial charge in [0.25, 0.3) is 0 Å². The van der Waals surface area contributed by atoms with Crippen LogP contribution in [0.25, 0.3) is 0 Å². The monoisotopic (exact) mass is 337 g/mol. The van der Waals surface area contributed by atoms with Gasteiger partial charge in [-0.25, -0.2) is 0 Å². The van der Waals surface area contributed by atoms with Gasteiger partial charge in [0.05, 0.1) is 10.0 Å². The van der Waals surface area contributed by atoms with Crippen molar-refractivity contribution in [2.75, 3.05) is 6.54 Å². The Morgan fingerprint density at radius 2 is 2.09 bits per heavy atom. The summed E-state index contributed by atoms with van der Waals surface area (Å²) < 4.78 is 0. The first-order valence-electron chi connectivity index (χ1n) is 7.55. The van der Waals surface area contributed by atoms with Crippen molar-refractivity contribution in [1.82, 2.24) is 5.32 Å². The van der Waals surface area contributed by atoms with E-state index in [1.807, 2.05) is 24.3 Å². The summed E-state index contributed by atoms with van der Waals surface area (Å²) in [4.78, 5) is 11.5. The van der Waals surface area contributed by atoms with Crippen molar-refractivity contribution in [3.05, 3.63) is 58.1 Å². The lowest BCUT2D eigenvalue weighted by molar-refractivity contribution is -0.116. The summed E-state index contributed by atoms with van der Waals surface area (Å²) in [7, 11) is 0. The van der Waals surface area contributed by atoms with Gasteiger partial charge in [0.1, 0.15) is 0 Å². The zero-order valence-corrected chi connectivity index (χ0v) is 14.4. The van der Waals surface area contributed by atoms with Crippen molar-refractivity contribution in [2.45, 2.75) is 26.2 Å². The first-order valence-corrected chi connectivity index (χ1v) is 8.30. The Morgan fingerprint density at radius 3 is 2.77 bits per heavy atom. The molecule has 1 aromatic carbocycles. The fourth-order valence-electron chi connectivity index (χ4n) is 2.27. The average Bonchev–Trinajstić information content (AvgIpc) is 3.24. The lowest BCUT2D eigenvalue weighted by atomic mass is 10.1. The van der Waals surface area contributed by atoms with E-state index < -0.39 is 0 Å². The third-order valence-electron chi connectivity index (χ3n) is 3.61. The molecule has 1 aromatic rings. The van der Waals surface area contributed by atoms with E-state index in [1.165, 1.54) is 5.56 Å². The van der Waals surface area contributed by atoms with Crippen LogP contribution in [0.5, 0.6) is 0 Å².